The third-order valence-electron chi connectivity index (χ3n) is 5.48. The molecular formula is C22H29N5. The van der Waals surface area contributed by atoms with Crippen LogP contribution in [-0.4, -0.2) is 47.6 Å². The summed E-state index contributed by atoms with van der Waals surface area (Å²) in [6, 6.07) is 16.9. The van der Waals surface area contributed by atoms with Crippen molar-refractivity contribution < 1.29 is 0 Å². The molecule has 0 amide bonds. The largest absolute Gasteiger partial charge is 0.369 e. The zero-order valence-electron chi connectivity index (χ0n) is 16.2. The first kappa shape index (κ1) is 18.0. The highest BCUT2D eigenvalue weighted by molar-refractivity contribution is 5.79. The maximum absolute atomic E-state index is 6.51. The molecule has 1 fully saturated rings. The van der Waals surface area contributed by atoms with E-state index in [1.165, 1.54) is 11.3 Å². The van der Waals surface area contributed by atoms with Gasteiger partial charge in [-0.15, -0.1) is 0 Å². The summed E-state index contributed by atoms with van der Waals surface area (Å²) in [6.45, 7) is 9.37. The van der Waals surface area contributed by atoms with E-state index in [-0.39, 0.29) is 6.04 Å². The van der Waals surface area contributed by atoms with Gasteiger partial charge < -0.3 is 15.6 Å². The first-order valence-electron chi connectivity index (χ1n) is 9.88. The fourth-order valence-electron chi connectivity index (χ4n) is 3.91. The van der Waals surface area contributed by atoms with Gasteiger partial charge >= 0.3 is 0 Å². The summed E-state index contributed by atoms with van der Waals surface area (Å²) in [5.41, 5.74) is 11.2. The van der Waals surface area contributed by atoms with E-state index in [1.54, 1.807) is 0 Å². The molecule has 4 rings (SSSR count). The molecule has 1 aromatic heterocycles. The van der Waals surface area contributed by atoms with Crippen LogP contribution in [0.15, 0.2) is 48.5 Å². The molecule has 2 heterocycles. The normalized spacial score (nSPS) is 17.0. The Morgan fingerprint density at radius 3 is 2.44 bits per heavy atom. The Hall–Kier alpha value is -2.37. The van der Waals surface area contributed by atoms with Gasteiger partial charge in [-0.3, -0.25) is 4.90 Å². The van der Waals surface area contributed by atoms with Gasteiger partial charge in [-0.2, -0.15) is 0 Å². The molecule has 1 atom stereocenters. The third kappa shape index (κ3) is 3.84. The molecule has 1 saturated heterocycles. The topological polar surface area (TPSA) is 61.2 Å². The number of fused-ring (bicyclic) bond motifs is 1. The number of hydrogen-bond acceptors (Lipinski definition) is 4. The second-order valence-corrected chi connectivity index (χ2v) is 7.75. The standard InChI is InChI=1S/C22H29N5/c1-16(2)18-9-6-10-20-21(18)25-22(24-20)19(23)15-26-11-13-27(14-12-26)17-7-4-3-5-8-17/h3-10,16,19H,11-15,23H2,1-2H3,(H,24,25). The Balaban J connectivity index is 1.41. The van der Waals surface area contributed by atoms with E-state index < -0.39 is 0 Å². The molecule has 1 aliphatic heterocycles. The van der Waals surface area contributed by atoms with Crippen LogP contribution in [0.4, 0.5) is 5.69 Å². The fraction of sp³-hybridized carbons (Fsp3) is 0.409. The second kappa shape index (κ2) is 7.71. The van der Waals surface area contributed by atoms with Crippen LogP contribution in [-0.2, 0) is 0 Å². The number of hydrogen-bond donors (Lipinski definition) is 2. The van der Waals surface area contributed by atoms with Gasteiger partial charge in [0.1, 0.15) is 5.82 Å². The first-order chi connectivity index (χ1) is 13.1. The van der Waals surface area contributed by atoms with E-state index in [4.69, 9.17) is 10.7 Å². The summed E-state index contributed by atoms with van der Waals surface area (Å²) in [4.78, 5) is 13.2. The number of rotatable bonds is 5. The third-order valence-corrected chi connectivity index (χ3v) is 5.48. The highest BCUT2D eigenvalue weighted by Crippen LogP contribution is 2.25. The lowest BCUT2D eigenvalue weighted by molar-refractivity contribution is 0.241. The number of aromatic nitrogens is 2. The minimum absolute atomic E-state index is 0.0966. The van der Waals surface area contributed by atoms with Crippen molar-refractivity contribution in [3.8, 4) is 0 Å². The summed E-state index contributed by atoms with van der Waals surface area (Å²) in [7, 11) is 0. The molecule has 142 valence electrons. The first-order valence-corrected chi connectivity index (χ1v) is 9.88. The average molecular weight is 364 g/mol. The minimum Gasteiger partial charge on any atom is -0.369 e. The highest BCUT2D eigenvalue weighted by Gasteiger charge is 2.21. The Kier molecular flexibility index (Phi) is 5.14. The number of H-pyrrole nitrogens is 1. The van der Waals surface area contributed by atoms with Gasteiger partial charge in [0, 0.05) is 38.4 Å². The van der Waals surface area contributed by atoms with Gasteiger partial charge in [-0.1, -0.05) is 44.2 Å². The number of benzene rings is 2. The average Bonchev–Trinajstić information content (AvgIpc) is 3.13. The molecule has 27 heavy (non-hydrogen) atoms. The number of aromatic amines is 1. The molecule has 0 radical (unpaired) electrons. The molecular weight excluding hydrogens is 334 g/mol. The van der Waals surface area contributed by atoms with Crippen molar-refractivity contribution >= 4 is 16.7 Å². The smallest absolute Gasteiger partial charge is 0.125 e. The van der Waals surface area contributed by atoms with Crippen LogP contribution in [0.25, 0.3) is 11.0 Å². The van der Waals surface area contributed by atoms with E-state index in [9.17, 15) is 0 Å². The lowest BCUT2D eigenvalue weighted by atomic mass is 10.0. The molecule has 1 aliphatic rings. The van der Waals surface area contributed by atoms with Gasteiger partial charge in [0.15, 0.2) is 0 Å². The summed E-state index contributed by atoms with van der Waals surface area (Å²) in [5.74, 6) is 1.34. The maximum atomic E-state index is 6.51. The lowest BCUT2D eigenvalue weighted by Gasteiger charge is -2.36. The quantitative estimate of drug-likeness (QED) is 0.728. The Morgan fingerprint density at radius 2 is 1.74 bits per heavy atom. The maximum Gasteiger partial charge on any atom is 0.125 e. The molecule has 5 heteroatoms. The van der Waals surface area contributed by atoms with E-state index in [2.05, 4.69) is 77.2 Å². The number of nitrogens with two attached hydrogens (primary N) is 1. The SMILES string of the molecule is CC(C)c1cccc2[nH]c(C(N)CN3CCN(c4ccccc4)CC3)nc12. The van der Waals surface area contributed by atoms with Crippen LogP contribution in [0.5, 0.6) is 0 Å². The number of anilines is 1. The highest BCUT2D eigenvalue weighted by atomic mass is 15.3. The fourth-order valence-corrected chi connectivity index (χ4v) is 3.91. The number of piperazine rings is 1. The summed E-state index contributed by atoms with van der Waals surface area (Å²) < 4.78 is 0. The number of nitrogens with zero attached hydrogens (tertiary/aromatic N) is 3. The van der Waals surface area contributed by atoms with Crippen molar-refractivity contribution in [2.75, 3.05) is 37.6 Å². The zero-order chi connectivity index (χ0) is 18.8. The second-order valence-electron chi connectivity index (χ2n) is 7.75. The van der Waals surface area contributed by atoms with E-state index in [0.29, 0.717) is 5.92 Å². The van der Waals surface area contributed by atoms with Gasteiger partial charge in [0.25, 0.3) is 0 Å². The minimum atomic E-state index is -0.0966. The summed E-state index contributed by atoms with van der Waals surface area (Å²) >= 11 is 0. The van der Waals surface area contributed by atoms with Crippen molar-refractivity contribution in [2.45, 2.75) is 25.8 Å². The van der Waals surface area contributed by atoms with E-state index in [1.807, 2.05) is 0 Å². The molecule has 2 aromatic carbocycles. The van der Waals surface area contributed by atoms with Crippen LogP contribution >= 0.6 is 0 Å². The Bertz CT molecular complexity index is 878. The van der Waals surface area contributed by atoms with E-state index in [0.717, 1.165) is 49.6 Å². The van der Waals surface area contributed by atoms with Crippen LogP contribution in [0.2, 0.25) is 0 Å². The Labute approximate surface area is 161 Å². The molecule has 0 saturated carbocycles. The predicted octanol–water partition coefficient (Wildman–Crippen LogP) is 3.51. The zero-order valence-corrected chi connectivity index (χ0v) is 16.2. The van der Waals surface area contributed by atoms with Crippen molar-refractivity contribution in [2.24, 2.45) is 5.73 Å². The van der Waals surface area contributed by atoms with Gasteiger partial charge in [-0.25, -0.2) is 4.98 Å². The van der Waals surface area contributed by atoms with Crippen molar-refractivity contribution in [3.05, 3.63) is 59.9 Å². The van der Waals surface area contributed by atoms with Crippen LogP contribution < -0.4 is 10.6 Å². The number of imidazole rings is 1. The number of nitrogens with one attached hydrogen (secondary N) is 1. The van der Waals surface area contributed by atoms with Crippen molar-refractivity contribution in [1.82, 2.24) is 14.9 Å². The molecule has 0 aliphatic carbocycles. The van der Waals surface area contributed by atoms with Gasteiger partial charge in [-0.05, 0) is 29.7 Å². The van der Waals surface area contributed by atoms with Crippen LogP contribution in [0.1, 0.15) is 37.2 Å². The van der Waals surface area contributed by atoms with Gasteiger partial charge in [0.05, 0.1) is 17.1 Å². The molecule has 1 unspecified atom stereocenters. The molecule has 0 bridgehead atoms. The number of para-hydroxylation sites is 2. The van der Waals surface area contributed by atoms with Crippen LogP contribution in [0, 0.1) is 0 Å². The van der Waals surface area contributed by atoms with Gasteiger partial charge in [0.2, 0.25) is 0 Å². The molecule has 3 N–H and O–H groups in total. The molecule has 3 aromatic rings. The van der Waals surface area contributed by atoms with Crippen LogP contribution in [0.3, 0.4) is 0 Å². The monoisotopic (exact) mass is 363 g/mol. The molecule has 5 nitrogen and oxygen atoms in total. The van der Waals surface area contributed by atoms with Crippen molar-refractivity contribution in [1.29, 1.82) is 0 Å². The predicted molar refractivity (Wildman–Crippen MR) is 112 cm³/mol. The lowest BCUT2D eigenvalue weighted by Crippen LogP contribution is -2.48. The Morgan fingerprint density at radius 1 is 1.00 bits per heavy atom. The molecule has 0 spiro atoms. The van der Waals surface area contributed by atoms with E-state index >= 15 is 0 Å². The van der Waals surface area contributed by atoms with Crippen molar-refractivity contribution in [3.63, 3.8) is 0 Å². The summed E-state index contributed by atoms with van der Waals surface area (Å²) in [6.07, 6.45) is 0. The summed E-state index contributed by atoms with van der Waals surface area (Å²) in [5, 5.41) is 0.